The lowest BCUT2D eigenvalue weighted by molar-refractivity contribution is -0.671. The zero-order valence-corrected chi connectivity index (χ0v) is 14.0. The number of furan rings is 1. The van der Waals surface area contributed by atoms with Crippen LogP contribution in [0.15, 0.2) is 77.4 Å². The molecule has 0 bridgehead atoms. The highest BCUT2D eigenvalue weighted by Gasteiger charge is 2.17. The van der Waals surface area contributed by atoms with Gasteiger partial charge in [0.1, 0.15) is 18.1 Å². The second kappa shape index (κ2) is 8.37. The Morgan fingerprint density at radius 2 is 1.75 bits per heavy atom. The molecule has 1 heterocycles. The number of methoxy groups -OCH3 is 1. The Hall–Kier alpha value is -2.52. The topological polar surface area (TPSA) is 39.0 Å². The minimum Gasteiger partial charge on any atom is -0.497 e. The van der Waals surface area contributed by atoms with Gasteiger partial charge in [-0.25, -0.2) is 0 Å². The van der Waals surface area contributed by atoms with Gasteiger partial charge in [-0.3, -0.25) is 0 Å². The molecule has 0 unspecified atom stereocenters. The molecule has 0 aliphatic heterocycles. The molecule has 0 aliphatic rings. The third-order valence-corrected chi connectivity index (χ3v) is 4.29. The number of hydrogen-bond donors (Lipinski definition) is 1. The van der Waals surface area contributed by atoms with E-state index in [0.29, 0.717) is 5.92 Å². The van der Waals surface area contributed by atoms with Crippen molar-refractivity contribution < 1.29 is 14.5 Å². The summed E-state index contributed by atoms with van der Waals surface area (Å²) < 4.78 is 10.9. The number of hydrogen-bond acceptors (Lipinski definition) is 2. The van der Waals surface area contributed by atoms with E-state index in [4.69, 9.17) is 9.15 Å². The van der Waals surface area contributed by atoms with Crippen molar-refractivity contribution in [3.8, 4) is 5.75 Å². The summed E-state index contributed by atoms with van der Waals surface area (Å²) in [5.41, 5.74) is 2.62. The van der Waals surface area contributed by atoms with Gasteiger partial charge in [0.05, 0.1) is 19.9 Å². The summed E-state index contributed by atoms with van der Waals surface area (Å²) in [5, 5.41) is 2.35. The first kappa shape index (κ1) is 16.3. The van der Waals surface area contributed by atoms with Crippen molar-refractivity contribution in [1.82, 2.24) is 0 Å². The van der Waals surface area contributed by atoms with Crippen molar-refractivity contribution in [2.45, 2.75) is 18.9 Å². The average molecular weight is 322 g/mol. The Bertz CT molecular complexity index is 705. The average Bonchev–Trinajstić information content (AvgIpc) is 3.17. The number of nitrogens with two attached hydrogens (primary N) is 1. The van der Waals surface area contributed by atoms with Crippen LogP contribution in [0.25, 0.3) is 0 Å². The minimum absolute atomic E-state index is 0.313. The molecule has 3 aromatic rings. The van der Waals surface area contributed by atoms with Crippen LogP contribution in [0, 0.1) is 0 Å². The lowest BCUT2D eigenvalue weighted by Crippen LogP contribution is -2.82. The van der Waals surface area contributed by atoms with Crippen LogP contribution in [0.2, 0.25) is 0 Å². The van der Waals surface area contributed by atoms with Crippen LogP contribution in [-0.4, -0.2) is 13.7 Å². The van der Waals surface area contributed by atoms with Crippen molar-refractivity contribution >= 4 is 0 Å². The van der Waals surface area contributed by atoms with Gasteiger partial charge in [0, 0.05) is 17.9 Å². The normalized spacial score (nSPS) is 12.0. The second-order valence-electron chi connectivity index (χ2n) is 5.90. The molecule has 0 fully saturated rings. The molecule has 0 saturated heterocycles. The summed E-state index contributed by atoms with van der Waals surface area (Å²) in [7, 11) is 1.69. The van der Waals surface area contributed by atoms with Gasteiger partial charge < -0.3 is 14.5 Å². The number of benzene rings is 2. The Balaban J connectivity index is 1.56. The predicted molar refractivity (Wildman–Crippen MR) is 95.1 cm³/mol. The summed E-state index contributed by atoms with van der Waals surface area (Å²) in [6.07, 6.45) is 2.81. The molecule has 1 atom stereocenters. The molecule has 3 rings (SSSR count). The maximum atomic E-state index is 5.66. The van der Waals surface area contributed by atoms with Gasteiger partial charge in [-0.15, -0.1) is 0 Å². The SMILES string of the molecule is COc1ccc(C[NH2+]CC[C@@H](c2ccccc2)c2ccco2)cc1. The van der Waals surface area contributed by atoms with E-state index >= 15 is 0 Å². The molecule has 3 nitrogen and oxygen atoms in total. The summed E-state index contributed by atoms with van der Waals surface area (Å²) in [6, 6.07) is 22.9. The number of ether oxygens (including phenoxy) is 1. The summed E-state index contributed by atoms with van der Waals surface area (Å²) in [5.74, 6) is 2.26. The molecule has 0 spiro atoms. The van der Waals surface area contributed by atoms with E-state index in [2.05, 4.69) is 53.8 Å². The molecule has 24 heavy (non-hydrogen) atoms. The van der Waals surface area contributed by atoms with Crippen molar-refractivity contribution in [2.24, 2.45) is 0 Å². The largest absolute Gasteiger partial charge is 0.497 e. The fraction of sp³-hybridized carbons (Fsp3) is 0.238. The molecule has 0 radical (unpaired) electrons. The molecule has 2 aromatic carbocycles. The highest BCUT2D eigenvalue weighted by atomic mass is 16.5. The first-order chi connectivity index (χ1) is 11.9. The summed E-state index contributed by atoms with van der Waals surface area (Å²) in [4.78, 5) is 0. The smallest absolute Gasteiger partial charge is 0.118 e. The van der Waals surface area contributed by atoms with E-state index in [1.807, 2.05) is 18.2 Å². The minimum atomic E-state index is 0.313. The molecule has 2 N–H and O–H groups in total. The number of quaternary nitrogens is 1. The molecule has 124 valence electrons. The molecule has 1 aromatic heterocycles. The Labute approximate surface area is 143 Å². The van der Waals surface area contributed by atoms with Gasteiger partial charge in [0.15, 0.2) is 0 Å². The lowest BCUT2D eigenvalue weighted by Gasteiger charge is -2.14. The van der Waals surface area contributed by atoms with Crippen LogP contribution in [0.3, 0.4) is 0 Å². The van der Waals surface area contributed by atoms with Crippen LogP contribution >= 0.6 is 0 Å². The van der Waals surface area contributed by atoms with Gasteiger partial charge in [0.25, 0.3) is 0 Å². The van der Waals surface area contributed by atoms with Gasteiger partial charge in [-0.05, 0) is 42.0 Å². The van der Waals surface area contributed by atoms with Crippen LogP contribution in [0.5, 0.6) is 5.75 Å². The zero-order valence-electron chi connectivity index (χ0n) is 14.0. The zero-order chi connectivity index (χ0) is 16.6. The highest BCUT2D eigenvalue weighted by Crippen LogP contribution is 2.27. The van der Waals surface area contributed by atoms with Crippen molar-refractivity contribution in [1.29, 1.82) is 0 Å². The highest BCUT2D eigenvalue weighted by molar-refractivity contribution is 5.27. The summed E-state index contributed by atoms with van der Waals surface area (Å²) in [6.45, 7) is 2.02. The van der Waals surface area contributed by atoms with E-state index in [-0.39, 0.29) is 0 Å². The van der Waals surface area contributed by atoms with Crippen LogP contribution in [-0.2, 0) is 6.54 Å². The maximum absolute atomic E-state index is 5.66. The number of rotatable bonds is 8. The molecule has 3 heteroatoms. The molecule has 0 saturated carbocycles. The fourth-order valence-electron chi connectivity index (χ4n) is 2.96. The summed E-state index contributed by atoms with van der Waals surface area (Å²) >= 11 is 0. The van der Waals surface area contributed by atoms with Crippen LogP contribution in [0.1, 0.15) is 29.2 Å². The maximum Gasteiger partial charge on any atom is 0.118 e. The Morgan fingerprint density at radius 1 is 0.958 bits per heavy atom. The van der Waals surface area contributed by atoms with E-state index in [9.17, 15) is 0 Å². The quantitative estimate of drug-likeness (QED) is 0.644. The fourth-order valence-corrected chi connectivity index (χ4v) is 2.96. The molecule has 0 amide bonds. The van der Waals surface area contributed by atoms with Crippen molar-refractivity contribution in [3.05, 3.63) is 89.9 Å². The first-order valence-electron chi connectivity index (χ1n) is 8.40. The van der Waals surface area contributed by atoms with Crippen LogP contribution in [0.4, 0.5) is 0 Å². The van der Waals surface area contributed by atoms with Crippen LogP contribution < -0.4 is 10.1 Å². The van der Waals surface area contributed by atoms with E-state index < -0.39 is 0 Å². The van der Waals surface area contributed by atoms with E-state index in [1.165, 1.54) is 11.1 Å². The van der Waals surface area contributed by atoms with Gasteiger partial charge >= 0.3 is 0 Å². The Morgan fingerprint density at radius 3 is 2.42 bits per heavy atom. The first-order valence-corrected chi connectivity index (χ1v) is 8.40. The van der Waals surface area contributed by atoms with Gasteiger partial charge in [-0.2, -0.15) is 0 Å². The molecular weight excluding hydrogens is 298 g/mol. The predicted octanol–water partition coefficient (Wildman–Crippen LogP) is 3.57. The second-order valence-corrected chi connectivity index (χ2v) is 5.90. The van der Waals surface area contributed by atoms with E-state index in [1.54, 1.807) is 13.4 Å². The monoisotopic (exact) mass is 322 g/mol. The molecule has 0 aliphatic carbocycles. The molecular formula is C21H24NO2+. The Kier molecular flexibility index (Phi) is 5.70. The van der Waals surface area contributed by atoms with Crippen molar-refractivity contribution in [3.63, 3.8) is 0 Å². The third-order valence-electron chi connectivity index (χ3n) is 4.29. The third kappa shape index (κ3) is 4.27. The standard InChI is InChI=1S/C21H23NO2/c1-23-19-11-9-17(10-12-19)16-22-14-13-20(21-8-5-15-24-21)18-6-3-2-4-7-18/h2-12,15,20,22H,13-14,16H2,1H3/p+1/t20-/m0/s1. The van der Waals surface area contributed by atoms with Crippen molar-refractivity contribution in [2.75, 3.05) is 13.7 Å². The van der Waals surface area contributed by atoms with Gasteiger partial charge in [-0.1, -0.05) is 30.3 Å². The van der Waals surface area contributed by atoms with E-state index in [0.717, 1.165) is 31.0 Å². The lowest BCUT2D eigenvalue weighted by atomic mass is 9.93. The van der Waals surface area contributed by atoms with Gasteiger partial charge in [0.2, 0.25) is 0 Å².